The maximum Gasteiger partial charge on any atom is 0.123 e. The van der Waals surface area contributed by atoms with Gasteiger partial charge in [-0.15, -0.1) is 0 Å². The smallest absolute Gasteiger partial charge is 0.123 e. The van der Waals surface area contributed by atoms with Crippen LogP contribution in [0.1, 0.15) is 30.5 Å². The highest BCUT2D eigenvalue weighted by molar-refractivity contribution is 5.54. The third-order valence-corrected chi connectivity index (χ3v) is 2.64. The Morgan fingerprint density at radius 2 is 2.14 bits per heavy atom. The fraction of sp³-hybridized carbons (Fsp3) is 0.462. The molecule has 1 aromatic carbocycles. The number of benzene rings is 1. The summed E-state index contributed by atoms with van der Waals surface area (Å²) in [6.45, 7) is 6.26. The number of aldehydes is 1. The molecule has 76 valence electrons. The van der Waals surface area contributed by atoms with Crippen LogP contribution in [-0.4, -0.2) is 6.29 Å². The van der Waals surface area contributed by atoms with E-state index in [2.05, 4.69) is 32.0 Å². The second-order valence-corrected chi connectivity index (χ2v) is 3.88. The summed E-state index contributed by atoms with van der Waals surface area (Å²) in [7, 11) is 0. The molecule has 1 nitrogen and oxygen atoms in total. The summed E-state index contributed by atoms with van der Waals surface area (Å²) in [6, 6.07) is 6.33. The Hall–Kier alpha value is -1.11. The number of carbonyl (C=O) groups is 1. The van der Waals surface area contributed by atoms with Crippen LogP contribution in [-0.2, 0) is 17.6 Å². The predicted octanol–water partition coefficient (Wildman–Crippen LogP) is 2.93. The second-order valence-electron chi connectivity index (χ2n) is 3.88. The molecule has 0 radical (unpaired) electrons. The highest BCUT2D eigenvalue weighted by atomic mass is 16.1. The first-order valence-corrected chi connectivity index (χ1v) is 5.21. The molecule has 0 amide bonds. The van der Waals surface area contributed by atoms with Crippen LogP contribution in [0.2, 0.25) is 0 Å². The van der Waals surface area contributed by atoms with Gasteiger partial charge < -0.3 is 4.79 Å². The van der Waals surface area contributed by atoms with Crippen molar-refractivity contribution < 1.29 is 4.79 Å². The van der Waals surface area contributed by atoms with E-state index in [1.54, 1.807) is 0 Å². The molecule has 0 heterocycles. The van der Waals surface area contributed by atoms with Gasteiger partial charge in [0.05, 0.1) is 0 Å². The molecule has 0 aliphatic rings. The maximum absolute atomic E-state index is 10.6. The SMILES string of the molecule is CCc1c(C)cccc1CC(C)C=O. The molecule has 1 heteroatoms. The van der Waals surface area contributed by atoms with E-state index in [-0.39, 0.29) is 5.92 Å². The van der Waals surface area contributed by atoms with E-state index in [1.165, 1.54) is 16.7 Å². The molecular formula is C13H18O. The van der Waals surface area contributed by atoms with E-state index < -0.39 is 0 Å². The molecule has 1 unspecified atom stereocenters. The topological polar surface area (TPSA) is 17.1 Å². The lowest BCUT2D eigenvalue weighted by Crippen LogP contribution is -2.04. The Morgan fingerprint density at radius 3 is 2.71 bits per heavy atom. The first-order chi connectivity index (χ1) is 6.69. The van der Waals surface area contributed by atoms with E-state index in [0.717, 1.165) is 19.1 Å². The van der Waals surface area contributed by atoms with Gasteiger partial charge in [-0.1, -0.05) is 32.0 Å². The van der Waals surface area contributed by atoms with Crippen LogP contribution >= 0.6 is 0 Å². The van der Waals surface area contributed by atoms with Gasteiger partial charge >= 0.3 is 0 Å². The Bertz CT molecular complexity index is 315. The summed E-state index contributed by atoms with van der Waals surface area (Å²) in [5, 5.41) is 0. The van der Waals surface area contributed by atoms with Gasteiger partial charge in [-0.2, -0.15) is 0 Å². The number of rotatable bonds is 4. The highest BCUT2D eigenvalue weighted by Crippen LogP contribution is 2.17. The maximum atomic E-state index is 10.6. The van der Waals surface area contributed by atoms with Gasteiger partial charge in [-0.25, -0.2) is 0 Å². The lowest BCUT2D eigenvalue weighted by atomic mass is 9.93. The molecule has 0 aromatic heterocycles. The third-order valence-electron chi connectivity index (χ3n) is 2.64. The summed E-state index contributed by atoms with van der Waals surface area (Å²) in [6.07, 6.45) is 2.95. The fourth-order valence-corrected chi connectivity index (χ4v) is 1.86. The average molecular weight is 190 g/mol. The standard InChI is InChI=1S/C13H18O/c1-4-13-11(3)6-5-7-12(13)8-10(2)9-14/h5-7,9-10H,4,8H2,1-3H3. The zero-order valence-corrected chi connectivity index (χ0v) is 9.21. The lowest BCUT2D eigenvalue weighted by molar-refractivity contribution is -0.110. The van der Waals surface area contributed by atoms with Gasteiger partial charge in [-0.05, 0) is 36.5 Å². The number of aryl methyl sites for hydroxylation is 1. The van der Waals surface area contributed by atoms with Crippen LogP contribution < -0.4 is 0 Å². The average Bonchev–Trinajstić information content (AvgIpc) is 2.18. The zero-order valence-electron chi connectivity index (χ0n) is 9.21. The van der Waals surface area contributed by atoms with Crippen LogP contribution in [0.4, 0.5) is 0 Å². The van der Waals surface area contributed by atoms with Crippen molar-refractivity contribution in [3.05, 3.63) is 34.9 Å². The molecule has 0 spiro atoms. The molecular weight excluding hydrogens is 172 g/mol. The van der Waals surface area contributed by atoms with E-state index in [1.807, 2.05) is 6.92 Å². The largest absolute Gasteiger partial charge is 0.303 e. The summed E-state index contributed by atoms with van der Waals surface area (Å²) in [5.74, 6) is 0.127. The van der Waals surface area contributed by atoms with Gasteiger partial charge in [-0.3, -0.25) is 0 Å². The van der Waals surface area contributed by atoms with Crippen LogP contribution in [0.25, 0.3) is 0 Å². The minimum absolute atomic E-state index is 0.127. The van der Waals surface area contributed by atoms with Crippen LogP contribution in [0, 0.1) is 12.8 Å². The van der Waals surface area contributed by atoms with Gasteiger partial charge in [0, 0.05) is 5.92 Å². The Kier molecular flexibility index (Phi) is 3.87. The fourth-order valence-electron chi connectivity index (χ4n) is 1.86. The molecule has 14 heavy (non-hydrogen) atoms. The molecule has 0 aliphatic heterocycles. The molecule has 0 fully saturated rings. The van der Waals surface area contributed by atoms with E-state index in [4.69, 9.17) is 0 Å². The minimum Gasteiger partial charge on any atom is -0.303 e. The van der Waals surface area contributed by atoms with Crippen molar-refractivity contribution in [2.24, 2.45) is 5.92 Å². The summed E-state index contributed by atoms with van der Waals surface area (Å²) >= 11 is 0. The van der Waals surface area contributed by atoms with Gasteiger partial charge in [0.1, 0.15) is 6.29 Å². The first-order valence-electron chi connectivity index (χ1n) is 5.21. The van der Waals surface area contributed by atoms with Crippen molar-refractivity contribution in [2.45, 2.75) is 33.6 Å². The van der Waals surface area contributed by atoms with E-state index >= 15 is 0 Å². The molecule has 1 atom stereocenters. The van der Waals surface area contributed by atoms with Crippen LogP contribution in [0.5, 0.6) is 0 Å². The molecule has 0 saturated heterocycles. The van der Waals surface area contributed by atoms with Crippen molar-refractivity contribution in [1.82, 2.24) is 0 Å². The second kappa shape index (κ2) is 4.94. The molecule has 0 N–H and O–H groups in total. The van der Waals surface area contributed by atoms with E-state index in [9.17, 15) is 4.79 Å². The molecule has 0 saturated carbocycles. The number of hydrogen-bond acceptors (Lipinski definition) is 1. The summed E-state index contributed by atoms with van der Waals surface area (Å²) in [4.78, 5) is 10.6. The Morgan fingerprint density at radius 1 is 1.43 bits per heavy atom. The van der Waals surface area contributed by atoms with Crippen molar-refractivity contribution in [3.63, 3.8) is 0 Å². The zero-order chi connectivity index (χ0) is 10.6. The molecule has 0 aliphatic carbocycles. The third kappa shape index (κ3) is 2.44. The summed E-state index contributed by atoms with van der Waals surface area (Å²) in [5.41, 5.74) is 4.07. The Balaban J connectivity index is 2.95. The van der Waals surface area contributed by atoms with Crippen LogP contribution in [0.3, 0.4) is 0 Å². The molecule has 0 bridgehead atoms. The molecule has 1 rings (SSSR count). The first kappa shape index (κ1) is 11.0. The predicted molar refractivity (Wildman–Crippen MR) is 59.5 cm³/mol. The quantitative estimate of drug-likeness (QED) is 0.667. The minimum atomic E-state index is 0.127. The van der Waals surface area contributed by atoms with Crippen LogP contribution in [0.15, 0.2) is 18.2 Å². The highest BCUT2D eigenvalue weighted by Gasteiger charge is 2.07. The Labute approximate surface area is 86.1 Å². The normalized spacial score (nSPS) is 12.5. The number of hydrogen-bond donors (Lipinski definition) is 0. The van der Waals surface area contributed by atoms with Crippen molar-refractivity contribution in [2.75, 3.05) is 0 Å². The van der Waals surface area contributed by atoms with E-state index in [0.29, 0.717) is 0 Å². The van der Waals surface area contributed by atoms with Crippen molar-refractivity contribution >= 4 is 6.29 Å². The van der Waals surface area contributed by atoms with Gasteiger partial charge in [0.15, 0.2) is 0 Å². The van der Waals surface area contributed by atoms with Gasteiger partial charge in [0.25, 0.3) is 0 Å². The molecule has 1 aromatic rings. The van der Waals surface area contributed by atoms with Crippen molar-refractivity contribution in [1.29, 1.82) is 0 Å². The van der Waals surface area contributed by atoms with Crippen molar-refractivity contribution in [3.8, 4) is 0 Å². The number of carbonyl (C=O) groups excluding carboxylic acids is 1. The monoisotopic (exact) mass is 190 g/mol. The summed E-state index contributed by atoms with van der Waals surface area (Å²) < 4.78 is 0. The lowest BCUT2D eigenvalue weighted by Gasteiger charge is -2.11. The van der Waals surface area contributed by atoms with Gasteiger partial charge in [0.2, 0.25) is 0 Å².